The third-order valence-electron chi connectivity index (χ3n) is 4.68. The molecule has 1 saturated carbocycles. The van der Waals surface area contributed by atoms with Gasteiger partial charge in [-0.3, -0.25) is 9.59 Å². The molecule has 1 aliphatic carbocycles. The van der Waals surface area contributed by atoms with Crippen molar-refractivity contribution in [2.45, 2.75) is 61.2 Å². The number of halogens is 3. The summed E-state index contributed by atoms with van der Waals surface area (Å²) in [6.07, 6.45) is 1.65. The molecule has 1 aliphatic rings. The molecule has 0 amide bonds. The van der Waals surface area contributed by atoms with Gasteiger partial charge in [-0.2, -0.15) is 13.2 Å². The number of carbonyl (C=O) groups is 2. The maximum absolute atomic E-state index is 12.7. The van der Waals surface area contributed by atoms with Crippen LogP contribution in [0.3, 0.4) is 0 Å². The second-order valence-electron chi connectivity index (χ2n) is 6.76. The lowest BCUT2D eigenvalue weighted by Gasteiger charge is -2.41. The largest absolute Gasteiger partial charge is 0.468 e. The molecule has 11 heteroatoms. The summed E-state index contributed by atoms with van der Waals surface area (Å²) in [6.45, 7) is 4.12. The molecule has 1 fully saturated rings. The number of esters is 2. The van der Waals surface area contributed by atoms with Gasteiger partial charge in [0, 0.05) is 4.90 Å². The Morgan fingerprint density at radius 3 is 2.13 bits per heavy atom. The molecule has 1 atom stereocenters. The van der Waals surface area contributed by atoms with Crippen LogP contribution in [0.15, 0.2) is 29.2 Å². The first kappa shape index (κ1) is 25.9. The van der Waals surface area contributed by atoms with Gasteiger partial charge in [-0.15, -0.1) is 0 Å². The second kappa shape index (κ2) is 11.5. The third kappa shape index (κ3) is 7.34. The predicted octanol–water partition coefficient (Wildman–Crippen LogP) is 5.54. The summed E-state index contributed by atoms with van der Waals surface area (Å²) >= 11 is -0.199. The van der Waals surface area contributed by atoms with Crippen molar-refractivity contribution in [3.8, 4) is 0 Å². The lowest BCUT2D eigenvalue weighted by Crippen LogP contribution is -2.40. The van der Waals surface area contributed by atoms with E-state index < -0.39 is 37.1 Å². The first-order chi connectivity index (χ1) is 14.6. The van der Waals surface area contributed by atoms with Crippen molar-refractivity contribution < 1.29 is 41.3 Å². The fourth-order valence-electron chi connectivity index (χ4n) is 3.18. The highest BCUT2D eigenvalue weighted by atomic mass is 32.2. The van der Waals surface area contributed by atoms with Gasteiger partial charge < -0.3 is 18.5 Å². The zero-order chi connectivity index (χ0) is 23.1. The maximum Gasteiger partial charge on any atom is 0.446 e. The molecule has 31 heavy (non-hydrogen) atoms. The van der Waals surface area contributed by atoms with Crippen molar-refractivity contribution >= 4 is 32.1 Å². The molecule has 1 aromatic rings. The van der Waals surface area contributed by atoms with Crippen LogP contribution >= 0.6 is 20.1 Å². The minimum Gasteiger partial charge on any atom is -0.468 e. The topological polar surface area (TPSA) is 71.1 Å². The number of rotatable bonds is 11. The van der Waals surface area contributed by atoms with E-state index in [4.69, 9.17) is 18.5 Å². The van der Waals surface area contributed by atoms with Crippen molar-refractivity contribution in [2.75, 3.05) is 20.3 Å². The first-order valence-electron chi connectivity index (χ1n) is 9.85. The van der Waals surface area contributed by atoms with Gasteiger partial charge in [0.25, 0.3) is 0 Å². The zero-order valence-corrected chi connectivity index (χ0v) is 19.3. The Bertz CT molecular complexity index is 733. The van der Waals surface area contributed by atoms with E-state index in [0.717, 1.165) is 6.42 Å². The van der Waals surface area contributed by atoms with Gasteiger partial charge in [-0.25, -0.2) is 0 Å². The summed E-state index contributed by atoms with van der Waals surface area (Å²) in [7, 11) is -0.464. The van der Waals surface area contributed by atoms with Crippen LogP contribution in [0, 0.1) is 0 Å². The Hall–Kier alpha value is -1.35. The molecule has 1 aromatic carbocycles. The molecular formula is C20H26F3O6PS. The summed E-state index contributed by atoms with van der Waals surface area (Å²) in [5.41, 5.74) is -5.58. The molecule has 0 radical (unpaired) electrons. The van der Waals surface area contributed by atoms with E-state index >= 15 is 0 Å². The van der Waals surface area contributed by atoms with Crippen molar-refractivity contribution in [3.05, 3.63) is 29.8 Å². The van der Waals surface area contributed by atoms with E-state index in [1.54, 1.807) is 26.0 Å². The summed E-state index contributed by atoms with van der Waals surface area (Å²) in [6, 6.07) is 5.82. The van der Waals surface area contributed by atoms with Gasteiger partial charge in [0.05, 0.1) is 26.7 Å². The van der Waals surface area contributed by atoms with Gasteiger partial charge in [0.2, 0.25) is 0 Å². The van der Waals surface area contributed by atoms with Crippen LogP contribution < -0.4 is 0 Å². The van der Waals surface area contributed by atoms with Gasteiger partial charge in [-0.1, -0.05) is 12.1 Å². The molecule has 174 valence electrons. The van der Waals surface area contributed by atoms with Crippen LogP contribution in [0.25, 0.3) is 0 Å². The number of thioether (sulfide) groups is 1. The second-order valence-corrected chi connectivity index (χ2v) is 9.61. The number of ether oxygens (including phenoxy) is 2. The van der Waals surface area contributed by atoms with E-state index in [9.17, 15) is 22.8 Å². The number of benzene rings is 1. The summed E-state index contributed by atoms with van der Waals surface area (Å²) < 4.78 is 59.3. The van der Waals surface area contributed by atoms with Crippen molar-refractivity contribution in [1.82, 2.24) is 0 Å². The Morgan fingerprint density at radius 1 is 1.13 bits per heavy atom. The Labute approximate surface area is 185 Å². The molecule has 0 spiro atoms. The lowest BCUT2D eigenvalue weighted by molar-refractivity contribution is -0.173. The highest BCUT2D eigenvalue weighted by molar-refractivity contribution is 8.00. The van der Waals surface area contributed by atoms with Crippen molar-refractivity contribution in [2.24, 2.45) is 0 Å². The van der Waals surface area contributed by atoms with Crippen LogP contribution in [0.2, 0.25) is 0 Å². The van der Waals surface area contributed by atoms with Gasteiger partial charge in [0.1, 0.15) is 11.3 Å². The Kier molecular flexibility index (Phi) is 9.61. The van der Waals surface area contributed by atoms with Crippen LogP contribution in [0.1, 0.15) is 45.1 Å². The molecule has 0 heterocycles. The Morgan fingerprint density at radius 2 is 1.71 bits per heavy atom. The number of alkyl halides is 3. The van der Waals surface area contributed by atoms with Crippen LogP contribution in [0.5, 0.6) is 0 Å². The average Bonchev–Trinajstić information content (AvgIpc) is 2.68. The number of hydrogen-bond donors (Lipinski definition) is 0. The van der Waals surface area contributed by atoms with Crippen LogP contribution in [-0.2, 0) is 33.7 Å². The molecule has 1 unspecified atom stereocenters. The van der Waals surface area contributed by atoms with Gasteiger partial charge >= 0.3 is 17.4 Å². The summed E-state index contributed by atoms with van der Waals surface area (Å²) in [5.74, 6) is -1.24. The summed E-state index contributed by atoms with van der Waals surface area (Å²) in [4.78, 5) is 25.0. The average molecular weight is 482 g/mol. The fourth-order valence-corrected chi connectivity index (χ4v) is 5.24. The van der Waals surface area contributed by atoms with Crippen molar-refractivity contribution in [3.63, 3.8) is 0 Å². The minimum atomic E-state index is -4.37. The molecule has 2 rings (SSSR count). The van der Waals surface area contributed by atoms with Crippen molar-refractivity contribution in [1.29, 1.82) is 0 Å². The summed E-state index contributed by atoms with van der Waals surface area (Å²) in [5, 5.41) is 0. The van der Waals surface area contributed by atoms with E-state index in [1.165, 1.54) is 19.2 Å². The van der Waals surface area contributed by atoms with E-state index in [0.29, 0.717) is 31.6 Å². The van der Waals surface area contributed by atoms with E-state index in [1.807, 2.05) is 0 Å². The van der Waals surface area contributed by atoms with E-state index in [-0.39, 0.29) is 23.1 Å². The first-order valence-corrected chi connectivity index (χ1v) is 11.9. The molecule has 0 saturated heterocycles. The smallest absolute Gasteiger partial charge is 0.446 e. The number of hydrogen-bond acceptors (Lipinski definition) is 7. The fraction of sp³-hybridized carbons (Fsp3) is 0.600. The van der Waals surface area contributed by atoms with Gasteiger partial charge in [-0.05, 0) is 62.6 Å². The maximum atomic E-state index is 12.7. The monoisotopic (exact) mass is 482 g/mol. The molecule has 0 aliphatic heterocycles. The molecule has 0 N–H and O–H groups in total. The zero-order valence-electron chi connectivity index (χ0n) is 17.6. The highest BCUT2D eigenvalue weighted by Crippen LogP contribution is 2.48. The lowest BCUT2D eigenvalue weighted by atomic mass is 9.75. The van der Waals surface area contributed by atoms with Gasteiger partial charge in [0.15, 0.2) is 8.38 Å². The standard InChI is InChI=1S/C20H26F3O6PS/c1-4-27-30(28-5-2)16(18(25)26-3)13-17(24)29-19(11-6-12-19)14-7-9-15(10-8-14)31-20(21,22)23/h7-10,16H,4-6,11-13H2,1-3H3. The van der Waals surface area contributed by atoms with E-state index in [2.05, 4.69) is 0 Å². The SMILES string of the molecule is CCOP(OCC)C(CC(=O)OC1(c2ccc(SC(F)(F)F)cc2)CCC1)C(=O)OC. The molecule has 0 bridgehead atoms. The normalized spacial score (nSPS) is 16.5. The molecular weight excluding hydrogens is 456 g/mol. The predicted molar refractivity (Wildman–Crippen MR) is 111 cm³/mol. The molecule has 6 nitrogen and oxygen atoms in total. The van der Waals surface area contributed by atoms with Crippen LogP contribution in [0.4, 0.5) is 13.2 Å². The quantitative estimate of drug-likeness (QED) is 0.233. The minimum absolute atomic E-state index is 0.0573. The number of methoxy groups -OCH3 is 1. The Balaban J connectivity index is 2.12. The van der Waals surface area contributed by atoms with Crippen LogP contribution in [-0.4, -0.2) is 43.4 Å². The highest BCUT2D eigenvalue weighted by Gasteiger charge is 2.44. The molecule has 0 aromatic heterocycles. The number of carbonyl (C=O) groups excluding carboxylic acids is 2. The third-order valence-corrected chi connectivity index (χ3v) is 7.35.